The molecule has 3 rings (SSSR count). The molecule has 2 aromatic carbocycles. The van der Waals surface area contributed by atoms with Gasteiger partial charge in [0, 0.05) is 19.0 Å². The van der Waals surface area contributed by atoms with Gasteiger partial charge in [-0.2, -0.15) is 5.26 Å². The van der Waals surface area contributed by atoms with Gasteiger partial charge in [0.1, 0.15) is 0 Å². The molecule has 0 aliphatic heterocycles. The van der Waals surface area contributed by atoms with Crippen LogP contribution in [-0.4, -0.2) is 6.04 Å². The molecule has 0 unspecified atom stereocenters. The van der Waals surface area contributed by atoms with Crippen LogP contribution in [0.4, 0.5) is 0 Å². The highest BCUT2D eigenvalue weighted by Crippen LogP contribution is 2.45. The van der Waals surface area contributed by atoms with E-state index in [0.717, 1.165) is 6.54 Å². The molecular weight excluding hydrogens is 316 g/mol. The summed E-state index contributed by atoms with van der Waals surface area (Å²) >= 11 is 0. The summed E-state index contributed by atoms with van der Waals surface area (Å²) in [4.78, 5) is 0. The minimum absolute atomic E-state index is 0.240. The van der Waals surface area contributed by atoms with Crippen molar-refractivity contribution in [2.45, 2.75) is 58.5 Å². The van der Waals surface area contributed by atoms with E-state index in [1.807, 2.05) is 0 Å². The molecule has 2 heteroatoms. The Balaban J connectivity index is 1.52. The van der Waals surface area contributed by atoms with Gasteiger partial charge in [-0.3, -0.25) is 0 Å². The molecule has 1 N–H and O–H groups in total. The quantitative estimate of drug-likeness (QED) is 0.702. The smallest absolute Gasteiger partial charge is 0.0627 e. The highest BCUT2D eigenvalue weighted by molar-refractivity contribution is 5.63. The molecule has 0 aromatic heterocycles. The van der Waals surface area contributed by atoms with Gasteiger partial charge in [-0.25, -0.2) is 0 Å². The summed E-state index contributed by atoms with van der Waals surface area (Å²) in [6, 6.07) is 22.4. The van der Waals surface area contributed by atoms with Crippen LogP contribution in [0.5, 0.6) is 0 Å². The maximum absolute atomic E-state index is 9.19. The zero-order chi connectivity index (χ0) is 18.4. The van der Waals surface area contributed by atoms with Gasteiger partial charge in [0.2, 0.25) is 0 Å². The van der Waals surface area contributed by atoms with Crippen LogP contribution >= 0.6 is 0 Å². The number of nitrogens with one attached hydrogen (secondary N) is 1. The van der Waals surface area contributed by atoms with Gasteiger partial charge in [0.25, 0.3) is 0 Å². The monoisotopic (exact) mass is 346 g/mol. The molecule has 2 nitrogen and oxygen atoms in total. The first-order valence-electron chi connectivity index (χ1n) is 9.88. The molecule has 1 aliphatic rings. The maximum atomic E-state index is 9.19. The summed E-state index contributed by atoms with van der Waals surface area (Å²) in [5.74, 6) is 0.591. The molecule has 1 fully saturated rings. The van der Waals surface area contributed by atoms with Crippen molar-refractivity contribution in [2.75, 3.05) is 0 Å². The van der Waals surface area contributed by atoms with Gasteiger partial charge in [-0.15, -0.1) is 0 Å². The Kier molecular flexibility index (Phi) is 6.12. The van der Waals surface area contributed by atoms with E-state index in [-0.39, 0.29) is 5.41 Å². The molecule has 0 bridgehead atoms. The molecule has 1 aliphatic carbocycles. The van der Waals surface area contributed by atoms with Crippen molar-refractivity contribution in [3.63, 3.8) is 0 Å². The Morgan fingerprint density at radius 2 is 1.62 bits per heavy atom. The second-order valence-electron chi connectivity index (χ2n) is 8.07. The van der Waals surface area contributed by atoms with Crippen molar-refractivity contribution < 1.29 is 0 Å². The number of benzene rings is 2. The van der Waals surface area contributed by atoms with Gasteiger partial charge < -0.3 is 5.32 Å². The second-order valence-corrected chi connectivity index (χ2v) is 8.07. The van der Waals surface area contributed by atoms with E-state index < -0.39 is 0 Å². The van der Waals surface area contributed by atoms with Crippen LogP contribution in [-0.2, 0) is 6.54 Å². The number of hydrogen-bond acceptors (Lipinski definition) is 2. The Labute approximate surface area is 158 Å². The maximum Gasteiger partial charge on any atom is 0.0627 e. The third-order valence-electron chi connectivity index (χ3n) is 6.29. The van der Waals surface area contributed by atoms with Crippen LogP contribution in [0.25, 0.3) is 11.1 Å². The highest BCUT2D eigenvalue weighted by Gasteiger charge is 2.37. The molecule has 0 atom stereocenters. The molecule has 136 valence electrons. The van der Waals surface area contributed by atoms with Crippen LogP contribution in [0.15, 0.2) is 54.6 Å². The van der Waals surface area contributed by atoms with Gasteiger partial charge in [-0.1, -0.05) is 68.4 Å². The van der Waals surface area contributed by atoms with Crippen LogP contribution in [0.2, 0.25) is 0 Å². The molecular formula is C24H30N2. The van der Waals surface area contributed by atoms with Crippen LogP contribution in [0.3, 0.4) is 0 Å². The molecule has 0 spiro atoms. The van der Waals surface area contributed by atoms with E-state index in [1.165, 1.54) is 42.4 Å². The predicted octanol–water partition coefficient (Wildman–Crippen LogP) is 5.94. The van der Waals surface area contributed by atoms with Gasteiger partial charge in [-0.05, 0) is 53.7 Å². The molecule has 2 aromatic rings. The summed E-state index contributed by atoms with van der Waals surface area (Å²) in [5.41, 5.74) is 4.11. The first-order chi connectivity index (χ1) is 12.6. The van der Waals surface area contributed by atoms with Crippen molar-refractivity contribution in [1.82, 2.24) is 5.32 Å². The second kappa shape index (κ2) is 8.52. The Morgan fingerprint density at radius 1 is 1.00 bits per heavy atom. The summed E-state index contributed by atoms with van der Waals surface area (Å²) in [6.07, 6.45) is 5.41. The first-order valence-corrected chi connectivity index (χ1v) is 9.88. The number of hydrogen-bond donors (Lipinski definition) is 1. The summed E-state index contributed by atoms with van der Waals surface area (Å²) < 4.78 is 0. The van der Waals surface area contributed by atoms with Crippen molar-refractivity contribution in [1.29, 1.82) is 5.26 Å². The SMILES string of the molecule is CC(C)[C@]1(CC#N)CC[C@H](NCc2ccc(-c3ccccc3)cc2)CC1. The zero-order valence-electron chi connectivity index (χ0n) is 16.0. The van der Waals surface area contributed by atoms with Crippen molar-refractivity contribution in [2.24, 2.45) is 11.3 Å². The summed E-state index contributed by atoms with van der Waals surface area (Å²) in [5, 5.41) is 12.9. The lowest BCUT2D eigenvalue weighted by atomic mass is 9.64. The third kappa shape index (κ3) is 4.34. The van der Waals surface area contributed by atoms with Gasteiger partial charge in [0.15, 0.2) is 0 Å². The lowest BCUT2D eigenvalue weighted by Crippen LogP contribution is -2.39. The standard InChI is InChI=1S/C24H30N2/c1-19(2)24(16-17-25)14-12-23(13-15-24)26-18-20-8-10-22(11-9-20)21-6-4-3-5-7-21/h3-11,19,23,26H,12-16,18H2,1-2H3/t23-,24+. The third-order valence-corrected chi connectivity index (χ3v) is 6.29. The highest BCUT2D eigenvalue weighted by atomic mass is 14.9. The Morgan fingerprint density at radius 3 is 2.19 bits per heavy atom. The van der Waals surface area contributed by atoms with E-state index in [2.05, 4.69) is 79.8 Å². The molecule has 1 saturated carbocycles. The van der Waals surface area contributed by atoms with Crippen LogP contribution in [0, 0.1) is 22.7 Å². The van der Waals surface area contributed by atoms with E-state index in [0.29, 0.717) is 18.4 Å². The fourth-order valence-corrected chi connectivity index (χ4v) is 4.22. The molecule has 0 saturated heterocycles. The Hall–Kier alpha value is -2.11. The van der Waals surface area contributed by atoms with E-state index >= 15 is 0 Å². The van der Waals surface area contributed by atoms with Crippen LogP contribution < -0.4 is 5.32 Å². The predicted molar refractivity (Wildman–Crippen MR) is 108 cm³/mol. The molecule has 0 heterocycles. The Bertz CT molecular complexity index is 717. The fraction of sp³-hybridized carbons (Fsp3) is 0.458. The summed E-state index contributed by atoms with van der Waals surface area (Å²) in [6.45, 7) is 5.48. The van der Waals surface area contributed by atoms with E-state index in [9.17, 15) is 5.26 Å². The topological polar surface area (TPSA) is 35.8 Å². The first kappa shape index (κ1) is 18.7. The van der Waals surface area contributed by atoms with Crippen molar-refractivity contribution in [3.8, 4) is 17.2 Å². The summed E-state index contributed by atoms with van der Waals surface area (Å²) in [7, 11) is 0. The minimum atomic E-state index is 0.240. The van der Waals surface area contributed by atoms with Crippen LogP contribution in [0.1, 0.15) is 51.5 Å². The lowest BCUT2D eigenvalue weighted by Gasteiger charge is -2.42. The zero-order valence-corrected chi connectivity index (χ0v) is 16.0. The molecule has 0 amide bonds. The van der Waals surface area contributed by atoms with Crippen molar-refractivity contribution in [3.05, 3.63) is 60.2 Å². The number of nitriles is 1. The van der Waals surface area contributed by atoms with E-state index in [1.54, 1.807) is 0 Å². The average Bonchev–Trinajstić information content (AvgIpc) is 2.69. The number of rotatable bonds is 6. The minimum Gasteiger partial charge on any atom is -0.310 e. The van der Waals surface area contributed by atoms with Gasteiger partial charge >= 0.3 is 0 Å². The lowest BCUT2D eigenvalue weighted by molar-refractivity contribution is 0.105. The largest absolute Gasteiger partial charge is 0.310 e. The molecule has 0 radical (unpaired) electrons. The normalized spacial score (nSPS) is 22.9. The molecule has 26 heavy (non-hydrogen) atoms. The fourth-order valence-electron chi connectivity index (χ4n) is 4.22. The van der Waals surface area contributed by atoms with Gasteiger partial charge in [0.05, 0.1) is 6.07 Å². The average molecular weight is 347 g/mol. The number of nitrogens with zero attached hydrogens (tertiary/aromatic N) is 1. The van der Waals surface area contributed by atoms with Crippen molar-refractivity contribution >= 4 is 0 Å². The van der Waals surface area contributed by atoms with E-state index in [4.69, 9.17) is 0 Å².